The van der Waals surface area contributed by atoms with Crippen molar-refractivity contribution < 1.29 is 9.53 Å². The van der Waals surface area contributed by atoms with Gasteiger partial charge in [0.1, 0.15) is 0 Å². The largest absolute Gasteiger partial charge is 0.469 e. The van der Waals surface area contributed by atoms with Crippen LogP contribution >= 0.6 is 0 Å². The van der Waals surface area contributed by atoms with Gasteiger partial charge in [0, 0.05) is 5.54 Å². The summed E-state index contributed by atoms with van der Waals surface area (Å²) >= 11 is 0. The summed E-state index contributed by atoms with van der Waals surface area (Å²) < 4.78 is 4.68. The molecule has 0 aromatic carbocycles. The molecule has 1 atom stereocenters. The predicted molar refractivity (Wildman–Crippen MR) is 58.2 cm³/mol. The van der Waals surface area contributed by atoms with Crippen LogP contribution < -0.4 is 5.32 Å². The highest BCUT2D eigenvalue weighted by molar-refractivity contribution is 5.70. The predicted octanol–water partition coefficient (Wildman–Crippen LogP) is 1.96. The normalized spacial score (nSPS) is 15.3. The van der Waals surface area contributed by atoms with E-state index in [1.54, 1.807) is 0 Å². The Bertz CT molecular complexity index is 180. The van der Waals surface area contributed by atoms with Gasteiger partial charge in [-0.3, -0.25) is 4.79 Å². The second kappa shape index (κ2) is 6.02. The van der Waals surface area contributed by atoms with Gasteiger partial charge in [-0.25, -0.2) is 0 Å². The van der Waals surface area contributed by atoms with Gasteiger partial charge < -0.3 is 10.1 Å². The van der Waals surface area contributed by atoms with Crippen LogP contribution in [0.4, 0.5) is 0 Å². The van der Waals surface area contributed by atoms with E-state index in [2.05, 4.69) is 30.8 Å². The molecule has 0 spiro atoms. The van der Waals surface area contributed by atoms with Gasteiger partial charge in [-0.1, -0.05) is 13.8 Å². The van der Waals surface area contributed by atoms with E-state index in [0.717, 1.165) is 12.8 Å². The minimum absolute atomic E-state index is 0.128. The summed E-state index contributed by atoms with van der Waals surface area (Å²) in [6, 6.07) is 0. The van der Waals surface area contributed by atoms with E-state index < -0.39 is 0 Å². The zero-order chi connectivity index (χ0) is 11.2. The van der Waals surface area contributed by atoms with Gasteiger partial charge in [0.25, 0.3) is 0 Å². The molecule has 0 saturated carbocycles. The third kappa shape index (κ3) is 5.22. The number of nitrogens with one attached hydrogen (secondary N) is 1. The minimum Gasteiger partial charge on any atom is -0.469 e. The smallest absolute Gasteiger partial charge is 0.307 e. The molecule has 0 fully saturated rings. The maximum Gasteiger partial charge on any atom is 0.307 e. The molecule has 0 bridgehead atoms. The number of esters is 1. The molecule has 3 heteroatoms. The maximum absolute atomic E-state index is 11.2. The summed E-state index contributed by atoms with van der Waals surface area (Å²) in [6.07, 6.45) is 2.55. The molecule has 0 aromatic rings. The van der Waals surface area contributed by atoms with Crippen LogP contribution in [0.5, 0.6) is 0 Å². The quantitative estimate of drug-likeness (QED) is 0.668. The van der Waals surface area contributed by atoms with Crippen molar-refractivity contribution in [2.45, 2.75) is 45.6 Å². The van der Waals surface area contributed by atoms with E-state index in [9.17, 15) is 4.79 Å². The number of ether oxygens (including phenoxy) is 1. The highest BCUT2D eigenvalue weighted by Crippen LogP contribution is 2.20. The van der Waals surface area contributed by atoms with Crippen molar-refractivity contribution in [3.63, 3.8) is 0 Å². The second-order valence-electron chi connectivity index (χ2n) is 4.50. The highest BCUT2D eigenvalue weighted by Gasteiger charge is 2.25. The zero-order valence-corrected chi connectivity index (χ0v) is 10.0. The summed E-state index contributed by atoms with van der Waals surface area (Å²) in [6.45, 7) is 6.44. The van der Waals surface area contributed by atoms with Gasteiger partial charge in [-0.15, -0.1) is 0 Å². The lowest BCUT2D eigenvalue weighted by Crippen LogP contribution is -2.42. The van der Waals surface area contributed by atoms with Gasteiger partial charge in [-0.05, 0) is 32.7 Å². The SMILES string of the molecule is CNC(C)(CCC(C)C)CC(=O)OC. The van der Waals surface area contributed by atoms with E-state index in [1.165, 1.54) is 7.11 Å². The Labute approximate surface area is 87.2 Å². The third-order valence-electron chi connectivity index (χ3n) is 2.64. The maximum atomic E-state index is 11.2. The van der Waals surface area contributed by atoms with Crippen molar-refractivity contribution in [3.8, 4) is 0 Å². The fourth-order valence-corrected chi connectivity index (χ4v) is 1.30. The summed E-state index contributed by atoms with van der Waals surface area (Å²) in [5, 5.41) is 3.20. The number of carbonyl (C=O) groups excluding carboxylic acids is 1. The third-order valence-corrected chi connectivity index (χ3v) is 2.64. The molecule has 0 aromatic heterocycles. The van der Waals surface area contributed by atoms with Crippen molar-refractivity contribution in [1.29, 1.82) is 0 Å². The lowest BCUT2D eigenvalue weighted by Gasteiger charge is -2.28. The Balaban J connectivity index is 4.10. The first-order chi connectivity index (χ1) is 6.43. The van der Waals surface area contributed by atoms with E-state index in [0.29, 0.717) is 12.3 Å². The summed E-state index contributed by atoms with van der Waals surface area (Å²) in [7, 11) is 3.32. The van der Waals surface area contributed by atoms with Gasteiger partial charge in [-0.2, -0.15) is 0 Å². The molecule has 0 radical (unpaired) electrons. The number of hydrogen-bond donors (Lipinski definition) is 1. The molecule has 0 aliphatic carbocycles. The molecular weight excluding hydrogens is 178 g/mol. The van der Waals surface area contributed by atoms with Crippen LogP contribution in [0.25, 0.3) is 0 Å². The zero-order valence-electron chi connectivity index (χ0n) is 10.0. The number of carbonyl (C=O) groups is 1. The van der Waals surface area contributed by atoms with E-state index in [-0.39, 0.29) is 11.5 Å². The lowest BCUT2D eigenvalue weighted by molar-refractivity contribution is -0.142. The van der Waals surface area contributed by atoms with Crippen molar-refractivity contribution in [1.82, 2.24) is 5.32 Å². The molecule has 1 N–H and O–H groups in total. The molecule has 84 valence electrons. The van der Waals surface area contributed by atoms with Crippen molar-refractivity contribution in [2.75, 3.05) is 14.2 Å². The number of methoxy groups -OCH3 is 1. The Morgan fingerprint density at radius 3 is 2.43 bits per heavy atom. The second-order valence-corrected chi connectivity index (χ2v) is 4.50. The van der Waals surface area contributed by atoms with Crippen molar-refractivity contribution in [3.05, 3.63) is 0 Å². The fourth-order valence-electron chi connectivity index (χ4n) is 1.30. The molecule has 0 heterocycles. The Hall–Kier alpha value is -0.570. The highest BCUT2D eigenvalue weighted by atomic mass is 16.5. The van der Waals surface area contributed by atoms with Gasteiger partial charge in [0.05, 0.1) is 13.5 Å². The van der Waals surface area contributed by atoms with Crippen molar-refractivity contribution >= 4 is 5.97 Å². The Kier molecular flexibility index (Phi) is 5.77. The molecule has 1 unspecified atom stereocenters. The Morgan fingerprint density at radius 2 is 2.07 bits per heavy atom. The summed E-state index contributed by atoms with van der Waals surface area (Å²) in [5.41, 5.74) is -0.128. The first-order valence-corrected chi connectivity index (χ1v) is 5.19. The first-order valence-electron chi connectivity index (χ1n) is 5.19. The molecule has 0 aliphatic rings. The lowest BCUT2D eigenvalue weighted by atomic mass is 9.89. The van der Waals surface area contributed by atoms with Crippen LogP contribution in [-0.4, -0.2) is 25.7 Å². The van der Waals surface area contributed by atoms with Gasteiger partial charge >= 0.3 is 5.97 Å². The Morgan fingerprint density at radius 1 is 1.50 bits per heavy atom. The molecular formula is C11H23NO2. The van der Waals surface area contributed by atoms with Gasteiger partial charge in [0.2, 0.25) is 0 Å². The van der Waals surface area contributed by atoms with Crippen LogP contribution in [0.1, 0.15) is 40.0 Å². The van der Waals surface area contributed by atoms with Crippen LogP contribution in [0.2, 0.25) is 0 Å². The van der Waals surface area contributed by atoms with Crippen LogP contribution in [0.3, 0.4) is 0 Å². The first kappa shape index (κ1) is 13.4. The standard InChI is InChI=1S/C11H23NO2/c1-9(2)6-7-11(3,12-4)8-10(13)14-5/h9,12H,6-8H2,1-5H3. The van der Waals surface area contributed by atoms with E-state index >= 15 is 0 Å². The van der Waals surface area contributed by atoms with E-state index in [1.807, 2.05) is 7.05 Å². The molecule has 3 nitrogen and oxygen atoms in total. The van der Waals surface area contributed by atoms with Crippen LogP contribution in [0.15, 0.2) is 0 Å². The summed E-state index contributed by atoms with van der Waals surface area (Å²) in [5.74, 6) is 0.519. The number of hydrogen-bond acceptors (Lipinski definition) is 3. The van der Waals surface area contributed by atoms with Crippen LogP contribution in [-0.2, 0) is 9.53 Å². The van der Waals surface area contributed by atoms with Crippen molar-refractivity contribution in [2.24, 2.45) is 5.92 Å². The van der Waals surface area contributed by atoms with Gasteiger partial charge in [0.15, 0.2) is 0 Å². The monoisotopic (exact) mass is 201 g/mol. The van der Waals surface area contributed by atoms with E-state index in [4.69, 9.17) is 0 Å². The molecule has 0 aliphatic heterocycles. The number of rotatable bonds is 6. The molecule has 0 saturated heterocycles. The van der Waals surface area contributed by atoms with Crippen LogP contribution in [0, 0.1) is 5.92 Å². The average molecular weight is 201 g/mol. The molecule has 0 rings (SSSR count). The minimum atomic E-state index is -0.148. The average Bonchev–Trinajstić information content (AvgIpc) is 2.14. The summed E-state index contributed by atoms with van der Waals surface area (Å²) in [4.78, 5) is 11.2. The fraction of sp³-hybridized carbons (Fsp3) is 0.909. The topological polar surface area (TPSA) is 38.3 Å². The molecule has 0 amide bonds. The molecule has 14 heavy (non-hydrogen) atoms.